The summed E-state index contributed by atoms with van der Waals surface area (Å²) in [6.45, 7) is 0. The molecule has 0 aliphatic heterocycles. The van der Waals surface area contributed by atoms with E-state index in [1.165, 1.54) is 18.5 Å². The first-order chi connectivity index (χ1) is 17.7. The molecular weight excluding hydrogens is 456 g/mol. The smallest absolute Gasteiger partial charge is 0.379 e. The van der Waals surface area contributed by atoms with E-state index in [0.717, 1.165) is 10.9 Å². The fourth-order valence-corrected chi connectivity index (χ4v) is 3.83. The zero-order valence-electron chi connectivity index (χ0n) is 18.8. The number of hydrazone groups is 1. The van der Waals surface area contributed by atoms with E-state index in [4.69, 9.17) is 9.15 Å². The van der Waals surface area contributed by atoms with Gasteiger partial charge in [-0.1, -0.05) is 54.6 Å². The summed E-state index contributed by atoms with van der Waals surface area (Å²) in [5, 5.41) is 14.4. The Hall–Kier alpha value is -5.42. The van der Waals surface area contributed by atoms with Crippen molar-refractivity contribution in [3.05, 3.63) is 114 Å². The van der Waals surface area contributed by atoms with Crippen molar-refractivity contribution in [1.82, 2.24) is 10.4 Å². The second-order valence-corrected chi connectivity index (χ2v) is 7.68. The summed E-state index contributed by atoms with van der Waals surface area (Å²) < 4.78 is 10.5. The Labute approximate surface area is 205 Å². The van der Waals surface area contributed by atoms with Gasteiger partial charge in [0.25, 0.3) is 5.91 Å². The van der Waals surface area contributed by atoms with Crippen LogP contribution in [0, 0.1) is 11.3 Å². The lowest BCUT2D eigenvalue weighted by molar-refractivity contribution is 0.0701. The Bertz CT molecular complexity index is 1630. The Morgan fingerprint density at radius 1 is 0.972 bits per heavy atom. The van der Waals surface area contributed by atoms with E-state index in [1.54, 1.807) is 42.5 Å². The lowest BCUT2D eigenvalue weighted by atomic mass is 10.0. The fourth-order valence-electron chi connectivity index (χ4n) is 3.83. The molecule has 3 aromatic carbocycles. The van der Waals surface area contributed by atoms with Gasteiger partial charge in [-0.2, -0.15) is 10.4 Å². The van der Waals surface area contributed by atoms with Crippen LogP contribution in [-0.2, 0) is 0 Å². The van der Waals surface area contributed by atoms with Gasteiger partial charge in [0.05, 0.1) is 23.6 Å². The quantitative estimate of drug-likeness (QED) is 0.150. The molecule has 5 rings (SSSR count). The number of aromatic amines is 1. The molecule has 0 fully saturated rings. The summed E-state index contributed by atoms with van der Waals surface area (Å²) in [4.78, 5) is 28.5. The first kappa shape index (κ1) is 22.4. The van der Waals surface area contributed by atoms with E-state index in [9.17, 15) is 14.9 Å². The standard InChI is InChI=1S/C28H18N4O4/c29-16-19-11-6-12-21-24(18-8-2-1-3-9-18)26(31-25(19)21)27(33)32-30-17-20-10-4-5-13-22(20)36-28(34)23-14-7-15-35-23/h1-15,17,31H,(H,32,33). The highest BCUT2D eigenvalue weighted by molar-refractivity contribution is 6.10. The molecule has 2 N–H and O–H groups in total. The summed E-state index contributed by atoms with van der Waals surface area (Å²) >= 11 is 0. The molecule has 0 saturated heterocycles. The van der Waals surface area contributed by atoms with Gasteiger partial charge in [-0.3, -0.25) is 4.79 Å². The normalized spacial score (nSPS) is 10.9. The number of carbonyl (C=O) groups excluding carboxylic acids is 2. The van der Waals surface area contributed by atoms with Crippen LogP contribution in [0.1, 0.15) is 32.2 Å². The minimum Gasteiger partial charge on any atom is -0.457 e. The van der Waals surface area contributed by atoms with Crippen molar-refractivity contribution in [1.29, 1.82) is 5.26 Å². The Morgan fingerprint density at radius 2 is 1.78 bits per heavy atom. The molecule has 0 spiro atoms. The predicted octanol–water partition coefficient (Wildman–Crippen LogP) is 5.28. The molecule has 0 radical (unpaired) electrons. The zero-order valence-corrected chi connectivity index (χ0v) is 18.8. The Morgan fingerprint density at radius 3 is 2.56 bits per heavy atom. The van der Waals surface area contributed by atoms with Crippen LogP contribution in [0.2, 0.25) is 0 Å². The van der Waals surface area contributed by atoms with Crippen molar-refractivity contribution in [3.63, 3.8) is 0 Å². The second-order valence-electron chi connectivity index (χ2n) is 7.68. The highest BCUT2D eigenvalue weighted by Crippen LogP contribution is 2.33. The largest absolute Gasteiger partial charge is 0.457 e. The maximum absolute atomic E-state index is 13.2. The number of ether oxygens (including phenoxy) is 1. The predicted molar refractivity (Wildman–Crippen MR) is 134 cm³/mol. The highest BCUT2D eigenvalue weighted by atomic mass is 16.5. The van der Waals surface area contributed by atoms with Gasteiger partial charge >= 0.3 is 5.97 Å². The maximum atomic E-state index is 13.2. The molecule has 8 heteroatoms. The average molecular weight is 474 g/mol. The highest BCUT2D eigenvalue weighted by Gasteiger charge is 2.20. The fraction of sp³-hybridized carbons (Fsp3) is 0. The number of carbonyl (C=O) groups is 2. The van der Waals surface area contributed by atoms with Crippen molar-refractivity contribution in [3.8, 4) is 22.9 Å². The second kappa shape index (κ2) is 9.83. The average Bonchev–Trinajstić information content (AvgIpc) is 3.59. The Kier molecular flexibility index (Phi) is 6.11. The number of rotatable bonds is 6. The van der Waals surface area contributed by atoms with Gasteiger partial charge in [0.1, 0.15) is 17.5 Å². The van der Waals surface area contributed by atoms with Crippen LogP contribution in [-0.4, -0.2) is 23.1 Å². The molecule has 0 aliphatic rings. The summed E-state index contributed by atoms with van der Waals surface area (Å²) in [6.07, 6.45) is 2.76. The van der Waals surface area contributed by atoms with Crippen LogP contribution in [0.3, 0.4) is 0 Å². The van der Waals surface area contributed by atoms with Crippen LogP contribution >= 0.6 is 0 Å². The summed E-state index contributed by atoms with van der Waals surface area (Å²) in [7, 11) is 0. The Balaban J connectivity index is 1.43. The van der Waals surface area contributed by atoms with Gasteiger partial charge in [-0.15, -0.1) is 0 Å². The van der Waals surface area contributed by atoms with E-state index >= 15 is 0 Å². The molecule has 0 saturated carbocycles. The summed E-state index contributed by atoms with van der Waals surface area (Å²) in [5.74, 6) is -0.816. The van der Waals surface area contributed by atoms with Crippen LogP contribution in [0.4, 0.5) is 0 Å². The van der Waals surface area contributed by atoms with Gasteiger partial charge in [0, 0.05) is 16.5 Å². The number of nitrogens with one attached hydrogen (secondary N) is 2. The number of amides is 1. The molecular formula is C28H18N4O4. The monoisotopic (exact) mass is 474 g/mol. The van der Waals surface area contributed by atoms with E-state index in [0.29, 0.717) is 22.2 Å². The van der Waals surface area contributed by atoms with Crippen LogP contribution in [0.25, 0.3) is 22.0 Å². The molecule has 2 aromatic heterocycles. The molecule has 174 valence electrons. The third-order valence-electron chi connectivity index (χ3n) is 5.46. The van der Waals surface area contributed by atoms with E-state index in [-0.39, 0.29) is 17.2 Å². The van der Waals surface area contributed by atoms with Gasteiger partial charge in [-0.25, -0.2) is 10.2 Å². The number of furan rings is 1. The SMILES string of the molecule is N#Cc1cccc2c(-c3ccccc3)c(C(=O)NN=Cc3ccccc3OC(=O)c3ccco3)[nH]c12. The molecule has 0 unspecified atom stereocenters. The molecule has 36 heavy (non-hydrogen) atoms. The number of benzene rings is 3. The lowest BCUT2D eigenvalue weighted by Crippen LogP contribution is -2.19. The van der Waals surface area contributed by atoms with Crippen LogP contribution in [0.15, 0.2) is 101 Å². The van der Waals surface area contributed by atoms with Gasteiger partial charge < -0.3 is 14.1 Å². The summed E-state index contributed by atoms with van der Waals surface area (Å²) in [5.41, 5.74) is 5.76. The van der Waals surface area contributed by atoms with Crippen molar-refractivity contribution in [2.24, 2.45) is 5.10 Å². The number of H-pyrrole nitrogens is 1. The summed E-state index contributed by atoms with van der Waals surface area (Å²) in [6, 6.07) is 26.8. The number of nitriles is 1. The molecule has 8 nitrogen and oxygen atoms in total. The van der Waals surface area contributed by atoms with Crippen LogP contribution < -0.4 is 10.2 Å². The topological polar surface area (TPSA) is 120 Å². The number of hydrogen-bond donors (Lipinski definition) is 2. The lowest BCUT2D eigenvalue weighted by Gasteiger charge is -2.06. The number of esters is 1. The number of nitrogens with zero attached hydrogens (tertiary/aromatic N) is 2. The number of para-hydroxylation sites is 2. The van der Waals surface area contributed by atoms with Crippen molar-refractivity contribution >= 4 is 29.0 Å². The molecule has 0 aliphatic carbocycles. The first-order valence-corrected chi connectivity index (χ1v) is 10.9. The van der Waals surface area contributed by atoms with E-state index in [1.807, 2.05) is 36.4 Å². The van der Waals surface area contributed by atoms with Crippen LogP contribution in [0.5, 0.6) is 5.75 Å². The molecule has 1 amide bonds. The molecule has 0 bridgehead atoms. The number of aromatic nitrogens is 1. The molecule has 2 heterocycles. The van der Waals surface area contributed by atoms with E-state index < -0.39 is 11.9 Å². The van der Waals surface area contributed by atoms with Gasteiger partial charge in [0.15, 0.2) is 0 Å². The third kappa shape index (κ3) is 4.36. The maximum Gasteiger partial charge on any atom is 0.379 e. The minimum atomic E-state index is -0.649. The first-order valence-electron chi connectivity index (χ1n) is 10.9. The molecule has 5 aromatic rings. The van der Waals surface area contributed by atoms with Crippen molar-refractivity contribution in [2.45, 2.75) is 0 Å². The van der Waals surface area contributed by atoms with Crippen molar-refractivity contribution < 1.29 is 18.7 Å². The van der Waals surface area contributed by atoms with Gasteiger partial charge in [0.2, 0.25) is 5.76 Å². The third-order valence-corrected chi connectivity index (χ3v) is 5.46. The van der Waals surface area contributed by atoms with E-state index in [2.05, 4.69) is 21.6 Å². The van der Waals surface area contributed by atoms with Gasteiger partial charge in [-0.05, 0) is 35.9 Å². The number of fused-ring (bicyclic) bond motifs is 1. The van der Waals surface area contributed by atoms with Crippen molar-refractivity contribution in [2.75, 3.05) is 0 Å². The zero-order chi connectivity index (χ0) is 24.9. The molecule has 0 atom stereocenters. The number of hydrogen-bond acceptors (Lipinski definition) is 6. The minimum absolute atomic E-state index is 0.0686.